The molecule has 1 fully saturated rings. The van der Waals surface area contributed by atoms with Gasteiger partial charge in [-0.1, -0.05) is 71.7 Å². The second-order valence-electron chi connectivity index (χ2n) is 11.4. The Bertz CT molecular complexity index is 1780. The first-order valence-electron chi connectivity index (χ1n) is 14.4. The minimum Gasteiger partial charge on any atom is -0.292 e. The van der Waals surface area contributed by atoms with Gasteiger partial charge in [-0.25, -0.2) is 9.40 Å². The van der Waals surface area contributed by atoms with Crippen molar-refractivity contribution in [1.29, 1.82) is 0 Å². The van der Waals surface area contributed by atoms with Crippen LogP contribution in [-0.4, -0.2) is 45.4 Å². The molecular formula is C35H24Cl3FN2O4. The molecule has 0 N–H and O–H groups in total. The molecule has 3 amide bonds. The largest absolute Gasteiger partial charge is 0.292 e. The summed E-state index contributed by atoms with van der Waals surface area (Å²) in [7, 11) is 0. The van der Waals surface area contributed by atoms with Crippen molar-refractivity contribution in [2.75, 3.05) is 5.88 Å². The molecule has 0 radical (unpaired) electrons. The lowest BCUT2D eigenvalue weighted by molar-refractivity contribution is -0.156. The van der Waals surface area contributed by atoms with Crippen LogP contribution in [0.4, 0.5) is 4.39 Å². The molecule has 8 rings (SSSR count). The average Bonchev–Trinajstić information content (AvgIpc) is 3.31. The molecule has 1 aliphatic heterocycles. The number of carbonyl (C=O) groups excluding carboxylic acids is 4. The van der Waals surface area contributed by atoms with E-state index in [1.54, 1.807) is 0 Å². The van der Waals surface area contributed by atoms with Gasteiger partial charge < -0.3 is 0 Å². The summed E-state index contributed by atoms with van der Waals surface area (Å²) in [6.07, 6.45) is -0.0927. The van der Waals surface area contributed by atoms with E-state index in [0.29, 0.717) is 0 Å². The molecule has 10 heteroatoms. The summed E-state index contributed by atoms with van der Waals surface area (Å²) in [4.78, 5) is 57.8. The van der Waals surface area contributed by atoms with E-state index in [2.05, 4.69) is 0 Å². The number of alkyl halides is 1. The zero-order valence-electron chi connectivity index (χ0n) is 23.5. The van der Waals surface area contributed by atoms with Gasteiger partial charge in [-0.05, 0) is 71.1 Å². The number of ketones is 1. The third-order valence-corrected chi connectivity index (χ3v) is 10.1. The summed E-state index contributed by atoms with van der Waals surface area (Å²) in [6.45, 7) is 0. The van der Waals surface area contributed by atoms with E-state index in [9.17, 15) is 23.6 Å². The van der Waals surface area contributed by atoms with Crippen molar-refractivity contribution in [2.24, 2.45) is 11.8 Å². The fraction of sp³-hybridized carbons (Fsp3) is 0.200. The van der Waals surface area contributed by atoms with E-state index in [4.69, 9.17) is 34.8 Å². The molecule has 1 heterocycles. The van der Waals surface area contributed by atoms with E-state index in [1.807, 2.05) is 48.5 Å². The second-order valence-corrected chi connectivity index (χ2v) is 12.6. The Hall–Kier alpha value is -4.04. The minimum atomic E-state index is -1.37. The highest BCUT2D eigenvalue weighted by atomic mass is 35.5. The summed E-state index contributed by atoms with van der Waals surface area (Å²) < 4.78 is 13.8. The number of hydrogen-bond acceptors (Lipinski definition) is 4. The van der Waals surface area contributed by atoms with Crippen LogP contribution in [0.15, 0.2) is 91.0 Å². The number of nitrogens with zero attached hydrogens (tertiary/aromatic N) is 2. The van der Waals surface area contributed by atoms with Crippen LogP contribution in [-0.2, 0) is 9.59 Å². The first kappa shape index (κ1) is 29.7. The van der Waals surface area contributed by atoms with Gasteiger partial charge in [-0.3, -0.25) is 19.2 Å². The number of hydrogen-bond donors (Lipinski definition) is 0. The van der Waals surface area contributed by atoms with E-state index >= 15 is 0 Å². The van der Waals surface area contributed by atoms with Gasteiger partial charge in [0.2, 0.25) is 0 Å². The number of rotatable bonds is 7. The predicted octanol–water partition coefficient (Wildman–Crippen LogP) is 7.26. The Morgan fingerprint density at radius 3 is 1.69 bits per heavy atom. The third kappa shape index (κ3) is 4.59. The molecule has 4 aliphatic rings. The molecule has 0 aromatic heterocycles. The standard InChI is InChI=1S/C35H24Cl3FN2O4/c36-16-15-27(32(42)18-9-12-20(39)13-10-18)40(33(43)19-11-14-25(37)26(38)17-19)41-34(44)30-28-21-5-1-2-6-22(21)29(31(30)35(41)45)24-8-4-3-7-23(24)28/h1-14,17,27-31H,15-16H2/t27-,28?,29?,30-,31+/m0/s1. The van der Waals surface area contributed by atoms with Crippen molar-refractivity contribution in [1.82, 2.24) is 10.0 Å². The minimum absolute atomic E-state index is 0.0147. The third-order valence-electron chi connectivity index (χ3n) is 9.12. The lowest BCUT2D eigenvalue weighted by Gasteiger charge is -2.45. The topological polar surface area (TPSA) is 74.8 Å². The maximum Gasteiger partial charge on any atom is 0.273 e. The smallest absolute Gasteiger partial charge is 0.273 e. The SMILES string of the molecule is O=C(c1ccc(F)cc1)[C@H](CCCl)N(C(=O)c1ccc(Cl)c(Cl)c1)N1C(=O)[C@@H]2C3c4ccccc4C(c4ccccc43)[C@@H]2C1=O. The number of hydrazine groups is 1. The van der Waals surface area contributed by atoms with Crippen LogP contribution in [0.5, 0.6) is 0 Å². The molecule has 2 bridgehead atoms. The monoisotopic (exact) mass is 660 g/mol. The highest BCUT2D eigenvalue weighted by Gasteiger charge is 2.63. The number of Topliss-reactive ketones (excluding diaryl/α,β-unsaturated/α-hetero) is 1. The molecule has 0 unspecified atom stereocenters. The molecule has 3 atom stereocenters. The number of halogens is 4. The fourth-order valence-electron chi connectivity index (χ4n) is 7.28. The van der Waals surface area contributed by atoms with Crippen LogP contribution in [0.3, 0.4) is 0 Å². The number of benzene rings is 4. The molecule has 4 aromatic carbocycles. The summed E-state index contributed by atoms with van der Waals surface area (Å²) in [5.41, 5.74) is 3.97. The van der Waals surface area contributed by atoms with Gasteiger partial charge in [-0.15, -0.1) is 11.6 Å². The van der Waals surface area contributed by atoms with Gasteiger partial charge in [0.05, 0.1) is 21.9 Å². The van der Waals surface area contributed by atoms with E-state index in [0.717, 1.165) is 44.4 Å². The van der Waals surface area contributed by atoms with E-state index in [1.165, 1.54) is 30.3 Å². The van der Waals surface area contributed by atoms with Crippen LogP contribution < -0.4 is 0 Å². The van der Waals surface area contributed by atoms with Crippen LogP contribution in [0.1, 0.15) is 61.2 Å². The first-order chi connectivity index (χ1) is 21.7. The highest BCUT2D eigenvalue weighted by Crippen LogP contribution is 2.61. The zero-order chi connectivity index (χ0) is 31.6. The summed E-state index contributed by atoms with van der Waals surface area (Å²) in [6, 6.07) is 23.2. The van der Waals surface area contributed by atoms with E-state index in [-0.39, 0.29) is 33.5 Å². The fourth-order valence-corrected chi connectivity index (χ4v) is 7.79. The van der Waals surface area contributed by atoms with Crippen molar-refractivity contribution in [3.05, 3.63) is 140 Å². The second kappa shape index (κ2) is 11.4. The average molecular weight is 662 g/mol. The molecular weight excluding hydrogens is 638 g/mol. The van der Waals surface area contributed by atoms with Crippen molar-refractivity contribution in [3.63, 3.8) is 0 Å². The van der Waals surface area contributed by atoms with Crippen molar-refractivity contribution >= 4 is 58.3 Å². The number of imide groups is 1. The predicted molar refractivity (Wildman–Crippen MR) is 168 cm³/mol. The Labute approximate surface area is 273 Å². The molecule has 1 saturated heterocycles. The number of carbonyl (C=O) groups is 4. The van der Waals surface area contributed by atoms with Crippen LogP contribution in [0.25, 0.3) is 0 Å². The zero-order valence-corrected chi connectivity index (χ0v) is 25.8. The first-order valence-corrected chi connectivity index (χ1v) is 15.7. The summed E-state index contributed by atoms with van der Waals surface area (Å²) >= 11 is 18.6. The van der Waals surface area contributed by atoms with Crippen molar-refractivity contribution in [2.45, 2.75) is 24.3 Å². The van der Waals surface area contributed by atoms with E-state index < -0.39 is 59.0 Å². The number of amides is 3. The van der Waals surface area contributed by atoms with Gasteiger partial charge in [0.25, 0.3) is 17.7 Å². The Kier molecular flexibility index (Phi) is 7.51. The Morgan fingerprint density at radius 1 is 0.733 bits per heavy atom. The lowest BCUT2D eigenvalue weighted by atomic mass is 9.55. The lowest BCUT2D eigenvalue weighted by Crippen LogP contribution is -2.57. The Morgan fingerprint density at radius 2 is 1.22 bits per heavy atom. The molecule has 4 aromatic rings. The normalized spacial score (nSPS) is 21.6. The molecule has 226 valence electrons. The molecule has 6 nitrogen and oxygen atoms in total. The van der Waals surface area contributed by atoms with Crippen LogP contribution >= 0.6 is 34.8 Å². The van der Waals surface area contributed by atoms with Gasteiger partial charge in [0.1, 0.15) is 11.9 Å². The molecule has 3 aliphatic carbocycles. The van der Waals surface area contributed by atoms with Gasteiger partial charge in [0.15, 0.2) is 5.78 Å². The highest BCUT2D eigenvalue weighted by molar-refractivity contribution is 6.42. The van der Waals surface area contributed by atoms with Crippen molar-refractivity contribution in [3.8, 4) is 0 Å². The summed E-state index contributed by atoms with van der Waals surface area (Å²) in [5.74, 6) is -5.63. The summed E-state index contributed by atoms with van der Waals surface area (Å²) in [5, 5.41) is 2.07. The van der Waals surface area contributed by atoms with Crippen LogP contribution in [0.2, 0.25) is 10.0 Å². The molecule has 45 heavy (non-hydrogen) atoms. The maximum absolute atomic E-state index is 14.6. The van der Waals surface area contributed by atoms with Crippen molar-refractivity contribution < 1.29 is 23.6 Å². The quantitative estimate of drug-likeness (QED) is 0.119. The van der Waals surface area contributed by atoms with Gasteiger partial charge >= 0.3 is 0 Å². The van der Waals surface area contributed by atoms with Crippen LogP contribution in [0, 0.1) is 17.7 Å². The molecule has 0 saturated carbocycles. The van der Waals surface area contributed by atoms with Gasteiger partial charge in [-0.2, -0.15) is 5.01 Å². The Balaban J connectivity index is 1.39. The maximum atomic E-state index is 14.6. The van der Waals surface area contributed by atoms with Gasteiger partial charge in [0, 0.05) is 28.8 Å². The molecule has 0 spiro atoms.